The molecule has 0 aromatic rings. The van der Waals surface area contributed by atoms with Gasteiger partial charge in [0, 0.05) is 26.2 Å². The van der Waals surface area contributed by atoms with E-state index in [1.165, 1.54) is 4.31 Å². The lowest BCUT2D eigenvalue weighted by atomic mass is 9.93. The fraction of sp³-hybridized carbons (Fsp3) is 0.800. The molecule has 0 aliphatic carbocycles. The van der Waals surface area contributed by atoms with Gasteiger partial charge in [-0.15, -0.1) is 6.58 Å². The molecule has 0 unspecified atom stereocenters. The first-order valence-corrected chi connectivity index (χ1v) is 6.78. The summed E-state index contributed by atoms with van der Waals surface area (Å²) in [4.78, 5) is 0. The Bertz CT molecular complexity index is 322. The molecule has 1 fully saturated rings. The molecule has 0 atom stereocenters. The number of hydrogen-bond donors (Lipinski definition) is 1. The predicted molar refractivity (Wildman–Crippen MR) is 62.2 cm³/mol. The second-order valence-corrected chi connectivity index (χ2v) is 6.83. The Morgan fingerprint density at radius 2 is 2.20 bits per heavy atom. The summed E-state index contributed by atoms with van der Waals surface area (Å²) >= 11 is 0. The van der Waals surface area contributed by atoms with Gasteiger partial charge in [0.1, 0.15) is 0 Å². The highest BCUT2D eigenvalue weighted by Gasteiger charge is 2.30. The zero-order valence-electron chi connectivity index (χ0n) is 9.49. The second-order valence-electron chi connectivity index (χ2n) is 4.74. The molecule has 1 saturated heterocycles. The summed E-state index contributed by atoms with van der Waals surface area (Å²) in [6.07, 6.45) is 1.64. The van der Waals surface area contributed by atoms with E-state index >= 15 is 0 Å². The Hall–Kier alpha value is -0.390. The summed E-state index contributed by atoms with van der Waals surface area (Å²) in [5.74, 6) is 0.177. The molecule has 15 heavy (non-hydrogen) atoms. The first-order valence-electron chi connectivity index (χ1n) is 5.17. The average molecular weight is 232 g/mol. The van der Waals surface area contributed by atoms with Gasteiger partial charge in [-0.3, -0.25) is 0 Å². The molecule has 1 aliphatic heterocycles. The largest absolute Gasteiger partial charge is 0.315 e. The zero-order chi connectivity index (χ0) is 11.5. The maximum atomic E-state index is 11.9. The van der Waals surface area contributed by atoms with E-state index in [0.717, 1.165) is 6.54 Å². The normalized spacial score (nSPS) is 26.5. The highest BCUT2D eigenvalue weighted by molar-refractivity contribution is 7.89. The van der Waals surface area contributed by atoms with Crippen molar-refractivity contribution in [1.82, 2.24) is 9.62 Å². The monoisotopic (exact) mass is 232 g/mol. The van der Waals surface area contributed by atoms with Gasteiger partial charge < -0.3 is 5.32 Å². The third-order valence-corrected chi connectivity index (χ3v) is 4.26. The Morgan fingerprint density at radius 3 is 2.80 bits per heavy atom. The molecule has 4 nitrogen and oxygen atoms in total. The minimum atomic E-state index is -3.12. The summed E-state index contributed by atoms with van der Waals surface area (Å²) in [5, 5.41) is 3.16. The minimum absolute atomic E-state index is 0.0312. The fourth-order valence-electron chi connectivity index (χ4n) is 1.71. The minimum Gasteiger partial charge on any atom is -0.315 e. The Labute approximate surface area is 92.4 Å². The third-order valence-electron chi connectivity index (χ3n) is 2.47. The first kappa shape index (κ1) is 12.7. The second kappa shape index (κ2) is 4.63. The van der Waals surface area contributed by atoms with E-state index in [9.17, 15) is 8.42 Å². The van der Waals surface area contributed by atoms with E-state index in [2.05, 4.69) is 25.7 Å². The van der Waals surface area contributed by atoms with Crippen molar-refractivity contribution in [3.05, 3.63) is 12.7 Å². The Balaban J connectivity index is 2.87. The van der Waals surface area contributed by atoms with Gasteiger partial charge in [-0.2, -0.15) is 4.31 Å². The molecular weight excluding hydrogens is 212 g/mol. The van der Waals surface area contributed by atoms with Gasteiger partial charge >= 0.3 is 0 Å². The van der Waals surface area contributed by atoms with E-state index in [1.54, 1.807) is 6.08 Å². The van der Waals surface area contributed by atoms with Crippen LogP contribution in [0.2, 0.25) is 0 Å². The van der Waals surface area contributed by atoms with Gasteiger partial charge in [0.25, 0.3) is 0 Å². The van der Waals surface area contributed by atoms with Gasteiger partial charge in [0.15, 0.2) is 0 Å². The molecule has 0 saturated carbocycles. The molecule has 88 valence electrons. The van der Waals surface area contributed by atoms with Crippen LogP contribution in [-0.2, 0) is 10.0 Å². The lowest BCUT2D eigenvalue weighted by Crippen LogP contribution is -2.48. The molecule has 0 radical (unpaired) electrons. The average Bonchev–Trinajstić information content (AvgIpc) is 2.10. The summed E-state index contributed by atoms with van der Waals surface area (Å²) < 4.78 is 25.3. The van der Waals surface area contributed by atoms with Gasteiger partial charge in [-0.25, -0.2) is 8.42 Å². The number of hydrogen-bond acceptors (Lipinski definition) is 3. The van der Waals surface area contributed by atoms with Crippen molar-refractivity contribution in [2.75, 3.05) is 31.9 Å². The van der Waals surface area contributed by atoms with Crippen LogP contribution >= 0.6 is 0 Å². The molecule has 0 bridgehead atoms. The van der Waals surface area contributed by atoms with Gasteiger partial charge in [-0.1, -0.05) is 19.9 Å². The van der Waals surface area contributed by atoms with Crippen LogP contribution in [0.5, 0.6) is 0 Å². The summed E-state index contributed by atoms with van der Waals surface area (Å²) in [7, 11) is -3.12. The standard InChI is InChI=1S/C10H20N2O2S/c1-4-6-12-9-10(2,3)8-11-5-7-15(12,13)14/h4,11H,1,5-9H2,2-3H3. The topological polar surface area (TPSA) is 49.4 Å². The lowest BCUT2D eigenvalue weighted by Gasteiger charge is -2.34. The van der Waals surface area contributed by atoms with E-state index in [1.807, 2.05) is 0 Å². The molecule has 1 aliphatic rings. The first-order chi connectivity index (χ1) is 6.87. The van der Waals surface area contributed by atoms with Gasteiger partial charge in [0.2, 0.25) is 10.0 Å². The molecule has 1 rings (SSSR count). The molecule has 1 heterocycles. The van der Waals surface area contributed by atoms with Crippen LogP contribution in [-0.4, -0.2) is 44.7 Å². The summed E-state index contributed by atoms with van der Waals surface area (Å²) in [6.45, 7) is 10.1. The molecular formula is C10H20N2O2S. The van der Waals surface area contributed by atoms with Crippen molar-refractivity contribution < 1.29 is 8.42 Å². The fourth-order valence-corrected chi connectivity index (χ4v) is 3.25. The maximum absolute atomic E-state index is 11.9. The van der Waals surface area contributed by atoms with Crippen LogP contribution < -0.4 is 5.32 Å². The van der Waals surface area contributed by atoms with Crippen LogP contribution in [0.25, 0.3) is 0 Å². The molecule has 0 amide bonds. The lowest BCUT2D eigenvalue weighted by molar-refractivity contribution is 0.254. The SMILES string of the molecule is C=CCN1CC(C)(C)CNCCS1(=O)=O. The summed E-state index contributed by atoms with van der Waals surface area (Å²) in [6, 6.07) is 0. The zero-order valence-corrected chi connectivity index (χ0v) is 10.3. The molecule has 0 aromatic heterocycles. The van der Waals surface area contributed by atoms with Crippen LogP contribution in [0.15, 0.2) is 12.7 Å². The quantitative estimate of drug-likeness (QED) is 0.703. The van der Waals surface area contributed by atoms with E-state index < -0.39 is 10.0 Å². The maximum Gasteiger partial charge on any atom is 0.215 e. The molecule has 1 N–H and O–H groups in total. The summed E-state index contributed by atoms with van der Waals surface area (Å²) in [5.41, 5.74) is -0.0312. The van der Waals surface area contributed by atoms with Gasteiger partial charge in [-0.05, 0) is 5.41 Å². The Morgan fingerprint density at radius 1 is 1.53 bits per heavy atom. The van der Waals surface area contributed by atoms with E-state index in [4.69, 9.17) is 0 Å². The van der Waals surface area contributed by atoms with Crippen molar-refractivity contribution in [2.45, 2.75) is 13.8 Å². The van der Waals surface area contributed by atoms with Crippen molar-refractivity contribution in [1.29, 1.82) is 0 Å². The molecule has 0 spiro atoms. The van der Waals surface area contributed by atoms with E-state index in [0.29, 0.717) is 19.6 Å². The van der Waals surface area contributed by atoms with E-state index in [-0.39, 0.29) is 11.2 Å². The highest BCUT2D eigenvalue weighted by Crippen LogP contribution is 2.19. The van der Waals surface area contributed by atoms with Crippen molar-refractivity contribution in [3.63, 3.8) is 0 Å². The van der Waals surface area contributed by atoms with Crippen LogP contribution in [0.4, 0.5) is 0 Å². The van der Waals surface area contributed by atoms with Crippen molar-refractivity contribution >= 4 is 10.0 Å². The van der Waals surface area contributed by atoms with Crippen LogP contribution in [0.1, 0.15) is 13.8 Å². The Kier molecular flexibility index (Phi) is 3.92. The molecule has 5 heteroatoms. The van der Waals surface area contributed by atoms with Gasteiger partial charge in [0.05, 0.1) is 5.75 Å². The number of rotatable bonds is 2. The van der Waals surface area contributed by atoms with Crippen molar-refractivity contribution in [2.24, 2.45) is 5.41 Å². The molecule has 0 aromatic carbocycles. The number of nitrogens with one attached hydrogen (secondary N) is 1. The van der Waals surface area contributed by atoms with Crippen LogP contribution in [0.3, 0.4) is 0 Å². The number of nitrogens with zero attached hydrogens (tertiary/aromatic N) is 1. The van der Waals surface area contributed by atoms with Crippen LogP contribution in [0, 0.1) is 5.41 Å². The highest BCUT2D eigenvalue weighted by atomic mass is 32.2. The predicted octanol–water partition coefficient (Wildman–Crippen LogP) is 0.434. The third kappa shape index (κ3) is 3.59. The number of sulfonamides is 1. The smallest absolute Gasteiger partial charge is 0.215 e. The van der Waals surface area contributed by atoms with Crippen molar-refractivity contribution in [3.8, 4) is 0 Å².